The lowest BCUT2D eigenvalue weighted by molar-refractivity contribution is -0.394. The van der Waals surface area contributed by atoms with Gasteiger partial charge in [-0.05, 0) is 93.2 Å². The minimum atomic E-state index is -0.661. The Morgan fingerprint density at radius 1 is 1.16 bits per heavy atom. The third kappa shape index (κ3) is 7.10. The molecule has 37 heavy (non-hydrogen) atoms. The zero-order valence-corrected chi connectivity index (χ0v) is 21.7. The highest BCUT2D eigenvalue weighted by molar-refractivity contribution is 14.1. The Balaban J connectivity index is 1.34. The van der Waals surface area contributed by atoms with E-state index in [2.05, 4.69) is 43.2 Å². The van der Waals surface area contributed by atoms with Crippen molar-refractivity contribution < 1.29 is 19.2 Å². The smallest absolute Gasteiger partial charge is 0.490 e. The minimum Gasteiger partial charge on any atom is -0.496 e. The Morgan fingerprint density at radius 3 is 2.59 bits per heavy atom. The van der Waals surface area contributed by atoms with Gasteiger partial charge >= 0.3 is 5.95 Å². The van der Waals surface area contributed by atoms with Gasteiger partial charge < -0.3 is 19.6 Å². The molecule has 11 nitrogen and oxygen atoms in total. The third-order valence-electron chi connectivity index (χ3n) is 5.14. The zero-order valence-electron chi connectivity index (χ0n) is 19.6. The van der Waals surface area contributed by atoms with Gasteiger partial charge in [0.15, 0.2) is 0 Å². The summed E-state index contributed by atoms with van der Waals surface area (Å²) in [5.74, 6) is 0.516. The third-order valence-corrected chi connectivity index (χ3v) is 5.86. The lowest BCUT2D eigenvalue weighted by atomic mass is 10.1. The number of nitrogens with one attached hydrogen (secondary N) is 1. The van der Waals surface area contributed by atoms with Crippen LogP contribution in [0, 0.1) is 13.7 Å². The average Bonchev–Trinajstić information content (AvgIpc) is 3.38. The number of benzene rings is 3. The van der Waals surface area contributed by atoms with Gasteiger partial charge in [-0.15, -0.1) is 0 Å². The summed E-state index contributed by atoms with van der Waals surface area (Å²) in [5.41, 5.74) is 5.30. The van der Waals surface area contributed by atoms with Crippen LogP contribution < -0.4 is 14.9 Å². The first-order valence-corrected chi connectivity index (χ1v) is 12.0. The molecule has 3 aromatic carbocycles. The van der Waals surface area contributed by atoms with Gasteiger partial charge in [-0.2, -0.15) is 9.78 Å². The van der Waals surface area contributed by atoms with Gasteiger partial charge in [0.25, 0.3) is 5.91 Å². The van der Waals surface area contributed by atoms with Crippen LogP contribution in [-0.4, -0.2) is 38.9 Å². The second kappa shape index (κ2) is 12.1. The fraction of sp³-hybridized carbons (Fsp3) is 0.120. The van der Waals surface area contributed by atoms with Crippen molar-refractivity contribution in [1.82, 2.24) is 20.2 Å². The number of hydrogen-bond donors (Lipinski definition) is 1. The quantitative estimate of drug-likeness (QED) is 0.123. The van der Waals surface area contributed by atoms with Gasteiger partial charge in [0.1, 0.15) is 18.1 Å². The molecular weight excluding hydrogens is 591 g/mol. The number of carbonyl (C=O) groups is 1. The molecule has 0 unspecified atom stereocenters. The van der Waals surface area contributed by atoms with Crippen molar-refractivity contribution in [1.29, 1.82) is 0 Å². The van der Waals surface area contributed by atoms with Crippen molar-refractivity contribution in [2.24, 2.45) is 5.10 Å². The van der Waals surface area contributed by atoms with E-state index in [9.17, 15) is 14.9 Å². The van der Waals surface area contributed by atoms with Crippen LogP contribution in [0.4, 0.5) is 5.95 Å². The number of nitro groups is 1. The van der Waals surface area contributed by atoms with E-state index in [0.717, 1.165) is 14.9 Å². The molecule has 0 radical (unpaired) electrons. The summed E-state index contributed by atoms with van der Waals surface area (Å²) < 4.78 is 13.6. The van der Waals surface area contributed by atoms with Crippen LogP contribution >= 0.6 is 22.6 Å². The monoisotopic (exact) mass is 612 g/mol. The normalized spacial score (nSPS) is 10.9. The second-order valence-corrected chi connectivity index (χ2v) is 8.95. The van der Waals surface area contributed by atoms with Gasteiger partial charge in [0, 0.05) is 19.8 Å². The first-order chi connectivity index (χ1) is 17.9. The number of methoxy groups -OCH3 is 1. The van der Waals surface area contributed by atoms with Crippen LogP contribution in [0.2, 0.25) is 0 Å². The van der Waals surface area contributed by atoms with E-state index in [-0.39, 0.29) is 12.5 Å². The lowest BCUT2D eigenvalue weighted by Gasteiger charge is -2.08. The highest BCUT2D eigenvalue weighted by Gasteiger charge is 2.15. The molecule has 1 N–H and O–H groups in total. The summed E-state index contributed by atoms with van der Waals surface area (Å²) in [4.78, 5) is 26.3. The molecule has 1 aromatic heterocycles. The minimum absolute atomic E-state index is 0.206. The summed E-state index contributed by atoms with van der Waals surface area (Å²) in [6, 6.07) is 20.1. The molecule has 0 aliphatic heterocycles. The summed E-state index contributed by atoms with van der Waals surface area (Å²) >= 11 is 2.24. The van der Waals surface area contributed by atoms with Crippen LogP contribution in [0.3, 0.4) is 0 Å². The number of halogens is 1. The number of amides is 1. The maximum absolute atomic E-state index is 12.5. The molecule has 12 heteroatoms. The van der Waals surface area contributed by atoms with Gasteiger partial charge in [0.05, 0.1) is 19.9 Å². The van der Waals surface area contributed by atoms with Crippen LogP contribution in [0.1, 0.15) is 27.0 Å². The summed E-state index contributed by atoms with van der Waals surface area (Å²) in [6.45, 7) is 0.597. The summed E-state index contributed by atoms with van der Waals surface area (Å²) in [7, 11) is 1.52. The first kappa shape index (κ1) is 25.8. The molecule has 0 saturated carbocycles. The van der Waals surface area contributed by atoms with Crippen molar-refractivity contribution in [3.63, 3.8) is 0 Å². The molecule has 4 aromatic rings. The molecule has 0 aliphatic rings. The van der Waals surface area contributed by atoms with E-state index in [1.807, 2.05) is 36.4 Å². The zero-order chi connectivity index (χ0) is 26.2. The van der Waals surface area contributed by atoms with Gasteiger partial charge in [-0.3, -0.25) is 4.79 Å². The molecule has 1 heterocycles. The highest BCUT2D eigenvalue weighted by Crippen LogP contribution is 2.21. The predicted molar refractivity (Wildman–Crippen MR) is 144 cm³/mol. The number of nitrogens with zero attached hydrogens (tertiary/aromatic N) is 5. The van der Waals surface area contributed by atoms with Gasteiger partial charge in [-0.1, -0.05) is 17.1 Å². The Labute approximate surface area is 225 Å². The fourth-order valence-electron chi connectivity index (χ4n) is 3.30. The lowest BCUT2D eigenvalue weighted by Crippen LogP contribution is -2.17. The van der Waals surface area contributed by atoms with E-state index >= 15 is 0 Å². The molecule has 1 amide bonds. The number of carbonyl (C=O) groups excluding carboxylic acids is 1. The molecule has 0 saturated heterocycles. The van der Waals surface area contributed by atoms with Crippen molar-refractivity contribution in [2.45, 2.75) is 13.2 Å². The fourth-order valence-corrected chi connectivity index (χ4v) is 3.66. The predicted octanol–water partition coefficient (Wildman–Crippen LogP) is 4.19. The number of hydrazone groups is 1. The van der Waals surface area contributed by atoms with E-state index in [1.54, 1.807) is 30.3 Å². The van der Waals surface area contributed by atoms with E-state index in [4.69, 9.17) is 9.47 Å². The molecule has 188 valence electrons. The van der Waals surface area contributed by atoms with E-state index in [1.165, 1.54) is 24.3 Å². The van der Waals surface area contributed by atoms with Crippen molar-refractivity contribution in [3.05, 3.63) is 109 Å². The number of ether oxygens (including phenoxy) is 2. The first-order valence-electron chi connectivity index (χ1n) is 10.9. The van der Waals surface area contributed by atoms with Crippen LogP contribution in [0.15, 0.2) is 78.2 Å². The Morgan fingerprint density at radius 2 is 1.92 bits per heavy atom. The molecular formula is C25H21IN6O5. The van der Waals surface area contributed by atoms with E-state index in [0.29, 0.717) is 29.0 Å². The molecule has 4 rings (SSSR count). The summed E-state index contributed by atoms with van der Waals surface area (Å²) in [6.07, 6.45) is 2.77. The number of rotatable bonds is 10. The van der Waals surface area contributed by atoms with Crippen molar-refractivity contribution in [2.75, 3.05) is 7.11 Å². The van der Waals surface area contributed by atoms with Gasteiger partial charge in [0.2, 0.25) is 6.33 Å². The standard InChI is InChI=1S/C25H21IN6O5/c1-36-23-11-4-18(12-20(23)14-31-16-27-25(30-31)32(34)35)13-28-29-24(33)19-5-2-17(3-6-19)15-37-22-9-7-21(26)8-10-22/h2-13,16H,14-15H2,1H3,(H,29,33)/b28-13+. The topological polar surface area (TPSA) is 134 Å². The maximum Gasteiger partial charge on any atom is 0.490 e. The van der Waals surface area contributed by atoms with Crippen LogP contribution in [0.25, 0.3) is 0 Å². The summed E-state index contributed by atoms with van der Waals surface area (Å²) in [5, 5.41) is 18.7. The van der Waals surface area contributed by atoms with Crippen LogP contribution in [-0.2, 0) is 13.2 Å². The van der Waals surface area contributed by atoms with Crippen LogP contribution in [0.5, 0.6) is 11.5 Å². The maximum atomic E-state index is 12.5. The Hall–Kier alpha value is -4.33. The number of hydrogen-bond acceptors (Lipinski definition) is 8. The Bertz CT molecular complexity index is 1420. The van der Waals surface area contributed by atoms with Crippen molar-refractivity contribution >= 4 is 40.7 Å². The van der Waals surface area contributed by atoms with Gasteiger partial charge in [-0.25, -0.2) is 5.43 Å². The molecule has 0 spiro atoms. The Kier molecular flexibility index (Phi) is 8.40. The number of aromatic nitrogens is 3. The average molecular weight is 612 g/mol. The molecule has 0 bridgehead atoms. The molecule has 0 fully saturated rings. The largest absolute Gasteiger partial charge is 0.496 e. The van der Waals surface area contributed by atoms with Crippen molar-refractivity contribution in [3.8, 4) is 11.5 Å². The van der Waals surface area contributed by atoms with E-state index < -0.39 is 10.9 Å². The molecule has 0 atom stereocenters. The second-order valence-electron chi connectivity index (χ2n) is 7.71. The SMILES string of the molecule is COc1ccc(/C=N/NC(=O)c2ccc(COc3ccc(I)cc3)cc2)cc1Cn1cnc([N+](=O)[O-])n1. The molecule has 0 aliphatic carbocycles. The highest BCUT2D eigenvalue weighted by atomic mass is 127.